The van der Waals surface area contributed by atoms with Crippen LogP contribution in [0.3, 0.4) is 0 Å². The van der Waals surface area contributed by atoms with Crippen molar-refractivity contribution in [1.29, 1.82) is 0 Å². The molecule has 2 rings (SSSR count). The average molecular weight is 568 g/mol. The van der Waals surface area contributed by atoms with Crippen LogP contribution in [0.1, 0.15) is 75.0 Å². The van der Waals surface area contributed by atoms with Crippen molar-refractivity contribution in [3.8, 4) is 5.75 Å². The molecule has 2 aromatic rings. The van der Waals surface area contributed by atoms with Crippen LogP contribution >= 0.6 is 0 Å². The van der Waals surface area contributed by atoms with Gasteiger partial charge in [0.15, 0.2) is 0 Å². The molecule has 6 nitrogen and oxygen atoms in total. The zero-order valence-corrected chi connectivity index (χ0v) is 23.1. The molecule has 1 unspecified atom stereocenters. The molecule has 2 aromatic carbocycles. The summed E-state index contributed by atoms with van der Waals surface area (Å²) in [6.07, 6.45) is 1.35. The van der Waals surface area contributed by atoms with Gasteiger partial charge in [-0.2, -0.15) is 13.2 Å². The average Bonchev–Trinajstić information content (AvgIpc) is 2.88. The molecule has 222 valence electrons. The lowest BCUT2D eigenvalue weighted by Gasteiger charge is -2.18. The van der Waals surface area contributed by atoms with Gasteiger partial charge in [0.25, 0.3) is 0 Å². The molecule has 0 heterocycles. The summed E-state index contributed by atoms with van der Waals surface area (Å²) in [6.45, 7) is 3.96. The summed E-state index contributed by atoms with van der Waals surface area (Å²) < 4.78 is 58.7. The molecule has 4 N–H and O–H groups in total. The second-order valence-electron chi connectivity index (χ2n) is 10.1. The first-order chi connectivity index (χ1) is 19.1. The van der Waals surface area contributed by atoms with E-state index >= 15 is 0 Å². The first-order valence-electron chi connectivity index (χ1n) is 13.9. The van der Waals surface area contributed by atoms with E-state index in [0.717, 1.165) is 49.8 Å². The molecular formula is C30H41F4N3O3. The molecule has 0 bridgehead atoms. The summed E-state index contributed by atoms with van der Waals surface area (Å²) in [4.78, 5) is 22.7. The topological polar surface area (TPSA) is 93.5 Å². The van der Waals surface area contributed by atoms with Crippen LogP contribution in [0.2, 0.25) is 0 Å². The van der Waals surface area contributed by atoms with Gasteiger partial charge in [-0.05, 0) is 80.3 Å². The third kappa shape index (κ3) is 13.8. The molecule has 0 aliphatic rings. The number of hydrogen-bond acceptors (Lipinski definition) is 4. The lowest BCUT2D eigenvalue weighted by molar-refractivity contribution is -0.137. The fraction of sp³-hybridized carbons (Fsp3) is 0.533. The molecule has 0 aliphatic carbocycles. The van der Waals surface area contributed by atoms with Gasteiger partial charge >= 0.3 is 6.18 Å². The second kappa shape index (κ2) is 17.5. The predicted octanol–water partition coefficient (Wildman–Crippen LogP) is 5.91. The van der Waals surface area contributed by atoms with Crippen molar-refractivity contribution in [3.05, 3.63) is 65.0 Å². The standard InChI is InChI=1S/C30H41F4N3O3/c1-2-7-22(13-15-37-29(39)12-6-11-28(35)38)21-40-27-18-23(17-26(31)19-27)8-3-4-14-36-20-24-9-5-10-25(16-24)30(32,33)34/h5,9-10,16-19,22,36H,2-4,6-8,11-15,20-21H2,1H3,(H2,35,38)(H,37,39). The van der Waals surface area contributed by atoms with Crippen LogP contribution in [0.4, 0.5) is 17.6 Å². The highest BCUT2D eigenvalue weighted by Crippen LogP contribution is 2.29. The zero-order valence-electron chi connectivity index (χ0n) is 23.1. The van der Waals surface area contributed by atoms with E-state index in [9.17, 15) is 27.2 Å². The Kier molecular flexibility index (Phi) is 14.5. The normalized spacial score (nSPS) is 12.2. The minimum atomic E-state index is -4.35. The Labute approximate surface area is 234 Å². The molecule has 2 amide bonds. The fourth-order valence-corrected chi connectivity index (χ4v) is 4.38. The van der Waals surface area contributed by atoms with E-state index in [-0.39, 0.29) is 30.5 Å². The number of nitrogens with one attached hydrogen (secondary N) is 2. The first-order valence-corrected chi connectivity index (χ1v) is 13.9. The summed E-state index contributed by atoms with van der Waals surface area (Å²) >= 11 is 0. The lowest BCUT2D eigenvalue weighted by Crippen LogP contribution is -2.27. The first kappa shape index (κ1) is 33.1. The summed E-state index contributed by atoms with van der Waals surface area (Å²) in [5.41, 5.74) is 5.83. The van der Waals surface area contributed by atoms with Crippen molar-refractivity contribution in [2.45, 2.75) is 77.4 Å². The number of halogens is 4. The third-order valence-corrected chi connectivity index (χ3v) is 6.47. The van der Waals surface area contributed by atoms with Crippen molar-refractivity contribution in [2.24, 2.45) is 11.7 Å². The van der Waals surface area contributed by atoms with Crippen molar-refractivity contribution < 1.29 is 31.9 Å². The minimum Gasteiger partial charge on any atom is -0.493 e. The summed E-state index contributed by atoms with van der Waals surface area (Å²) in [5.74, 6) is -0.235. The van der Waals surface area contributed by atoms with Gasteiger partial charge < -0.3 is 21.1 Å². The molecule has 40 heavy (non-hydrogen) atoms. The number of carbonyl (C=O) groups is 2. The Morgan fingerprint density at radius 3 is 2.50 bits per heavy atom. The smallest absolute Gasteiger partial charge is 0.416 e. The van der Waals surface area contributed by atoms with Crippen molar-refractivity contribution in [3.63, 3.8) is 0 Å². The Hall–Kier alpha value is -3.14. The number of amides is 2. The Morgan fingerprint density at radius 2 is 1.77 bits per heavy atom. The number of carbonyl (C=O) groups excluding carboxylic acids is 2. The molecule has 1 atom stereocenters. The van der Waals surface area contributed by atoms with Gasteiger partial charge in [0.2, 0.25) is 11.8 Å². The van der Waals surface area contributed by atoms with Crippen LogP contribution < -0.4 is 21.1 Å². The molecule has 0 saturated carbocycles. The van der Waals surface area contributed by atoms with Gasteiger partial charge in [-0.3, -0.25) is 9.59 Å². The van der Waals surface area contributed by atoms with Crippen molar-refractivity contribution >= 4 is 11.8 Å². The molecule has 10 heteroatoms. The number of benzene rings is 2. The lowest BCUT2D eigenvalue weighted by atomic mass is 10.0. The Bertz CT molecular complexity index is 1060. The zero-order chi connectivity index (χ0) is 29.4. The maximum Gasteiger partial charge on any atom is 0.416 e. The fourth-order valence-electron chi connectivity index (χ4n) is 4.38. The number of hydrogen-bond donors (Lipinski definition) is 3. The molecule has 0 fully saturated rings. The van der Waals surface area contributed by atoms with Crippen molar-refractivity contribution in [2.75, 3.05) is 19.7 Å². The van der Waals surface area contributed by atoms with Crippen LogP contribution in [-0.2, 0) is 28.7 Å². The molecular weight excluding hydrogens is 526 g/mol. The van der Waals surface area contributed by atoms with E-state index in [2.05, 4.69) is 17.6 Å². The van der Waals surface area contributed by atoms with Gasteiger partial charge in [0.05, 0.1) is 12.2 Å². The molecule has 0 aliphatic heterocycles. The van der Waals surface area contributed by atoms with Crippen LogP contribution in [0.25, 0.3) is 0 Å². The molecule has 0 saturated heterocycles. The van der Waals surface area contributed by atoms with Crippen LogP contribution in [0.5, 0.6) is 5.75 Å². The van der Waals surface area contributed by atoms with Gasteiger partial charge in [-0.25, -0.2) is 4.39 Å². The van der Waals surface area contributed by atoms with Gasteiger partial charge in [-0.15, -0.1) is 0 Å². The number of nitrogens with two attached hydrogens (primary N) is 1. The molecule has 0 aromatic heterocycles. The Morgan fingerprint density at radius 1 is 0.975 bits per heavy atom. The highest BCUT2D eigenvalue weighted by molar-refractivity contribution is 5.77. The van der Waals surface area contributed by atoms with E-state index in [4.69, 9.17) is 10.5 Å². The Balaban J connectivity index is 1.72. The monoisotopic (exact) mass is 567 g/mol. The number of rotatable bonds is 19. The van der Waals surface area contributed by atoms with E-state index in [1.807, 2.05) is 6.07 Å². The maximum atomic E-state index is 14.2. The third-order valence-electron chi connectivity index (χ3n) is 6.47. The van der Waals surface area contributed by atoms with Crippen molar-refractivity contribution in [1.82, 2.24) is 10.6 Å². The van der Waals surface area contributed by atoms with Gasteiger partial charge in [0.1, 0.15) is 11.6 Å². The van der Waals surface area contributed by atoms with Gasteiger partial charge in [0, 0.05) is 32.0 Å². The van der Waals surface area contributed by atoms with Gasteiger partial charge in [-0.1, -0.05) is 31.5 Å². The number of primary amides is 1. The molecule has 0 radical (unpaired) electrons. The van der Waals surface area contributed by atoms with E-state index in [0.29, 0.717) is 50.4 Å². The summed E-state index contributed by atoms with van der Waals surface area (Å²) in [5, 5.41) is 6.02. The highest BCUT2D eigenvalue weighted by atomic mass is 19.4. The quantitative estimate of drug-likeness (QED) is 0.145. The highest BCUT2D eigenvalue weighted by Gasteiger charge is 2.30. The van der Waals surface area contributed by atoms with E-state index < -0.39 is 17.6 Å². The SMILES string of the molecule is CCCC(CCNC(=O)CCCC(N)=O)COc1cc(F)cc(CCCCNCc2cccc(C(F)(F)F)c2)c1. The minimum absolute atomic E-state index is 0.113. The van der Waals surface area contributed by atoms with Crippen LogP contribution in [0.15, 0.2) is 42.5 Å². The summed E-state index contributed by atoms with van der Waals surface area (Å²) in [6, 6.07) is 9.96. The summed E-state index contributed by atoms with van der Waals surface area (Å²) in [7, 11) is 0. The van der Waals surface area contributed by atoms with E-state index in [1.165, 1.54) is 18.2 Å². The second-order valence-corrected chi connectivity index (χ2v) is 10.1. The number of unbranched alkanes of at least 4 members (excludes halogenated alkanes) is 1. The maximum absolute atomic E-state index is 14.2. The molecule has 0 spiro atoms. The predicted molar refractivity (Wildman–Crippen MR) is 147 cm³/mol. The van der Waals surface area contributed by atoms with Crippen LogP contribution in [-0.4, -0.2) is 31.5 Å². The number of alkyl halides is 3. The van der Waals surface area contributed by atoms with Crippen LogP contribution in [0, 0.1) is 11.7 Å². The largest absolute Gasteiger partial charge is 0.493 e. The number of ether oxygens (including phenoxy) is 1. The van der Waals surface area contributed by atoms with E-state index in [1.54, 1.807) is 6.07 Å². The number of aryl methyl sites for hydroxylation is 1.